The van der Waals surface area contributed by atoms with Gasteiger partial charge in [0.15, 0.2) is 5.03 Å². The fraction of sp³-hybridized carbons (Fsp3) is 0.700. The first-order valence-corrected chi connectivity index (χ1v) is 7.77. The number of hydrogen-bond donors (Lipinski definition) is 1. The lowest BCUT2D eigenvalue weighted by Crippen LogP contribution is -2.45. The number of H-pyrrole nitrogens is 1. The Hall–Kier alpha value is -0.630. The molecule has 1 N–H and O–H groups in total. The van der Waals surface area contributed by atoms with E-state index in [0.717, 1.165) is 6.42 Å². The first kappa shape index (κ1) is 13.8. The second-order valence-electron chi connectivity index (χ2n) is 4.12. The molecule has 0 saturated carbocycles. The van der Waals surface area contributed by atoms with Crippen molar-refractivity contribution in [3.8, 4) is 0 Å². The number of hydrogen-bond acceptors (Lipinski definition) is 4. The van der Waals surface area contributed by atoms with Gasteiger partial charge in [-0.05, 0) is 6.42 Å². The molecule has 0 spiro atoms. The highest BCUT2D eigenvalue weighted by molar-refractivity contribution is 7.89. The van der Waals surface area contributed by atoms with Crippen LogP contribution in [0.1, 0.15) is 18.9 Å². The van der Waals surface area contributed by atoms with Gasteiger partial charge in [-0.1, -0.05) is 6.92 Å². The molecule has 0 aromatic carbocycles. The second kappa shape index (κ2) is 5.56. The van der Waals surface area contributed by atoms with Gasteiger partial charge in [0.25, 0.3) is 10.0 Å². The predicted molar refractivity (Wildman–Crippen MR) is 66.9 cm³/mol. The molecule has 6 nitrogen and oxygen atoms in total. The first-order valence-electron chi connectivity index (χ1n) is 5.79. The first-order chi connectivity index (χ1) is 8.59. The molecule has 2 heterocycles. The fourth-order valence-electron chi connectivity index (χ4n) is 1.90. The Kier molecular flexibility index (Phi) is 4.26. The van der Waals surface area contributed by atoms with Gasteiger partial charge in [-0.3, -0.25) is 5.10 Å². The Balaban J connectivity index is 2.25. The van der Waals surface area contributed by atoms with E-state index in [1.807, 2.05) is 6.92 Å². The van der Waals surface area contributed by atoms with Gasteiger partial charge in [0.05, 0.1) is 24.8 Å². The van der Waals surface area contributed by atoms with Gasteiger partial charge in [0.1, 0.15) is 0 Å². The van der Waals surface area contributed by atoms with Crippen LogP contribution in [0.5, 0.6) is 0 Å². The molecule has 2 rings (SSSR count). The number of aromatic nitrogens is 2. The minimum Gasteiger partial charge on any atom is -0.375 e. The topological polar surface area (TPSA) is 75.3 Å². The van der Waals surface area contributed by atoms with Crippen LogP contribution >= 0.6 is 11.6 Å². The van der Waals surface area contributed by atoms with Crippen molar-refractivity contribution in [3.63, 3.8) is 0 Å². The smallest absolute Gasteiger partial charge is 0.260 e. The summed E-state index contributed by atoms with van der Waals surface area (Å²) in [5, 5.41) is 6.36. The standard InChI is InChI=1S/C10H16ClN3O3S/c1-2-9-7-14(3-4-17-9)18(15,16)10-8(5-11)6-12-13-10/h6,9H,2-5,7H2,1H3,(H,12,13). The van der Waals surface area contributed by atoms with Gasteiger partial charge in [-0.15, -0.1) is 11.6 Å². The van der Waals surface area contributed by atoms with Gasteiger partial charge in [0, 0.05) is 18.7 Å². The van der Waals surface area contributed by atoms with Crippen molar-refractivity contribution in [1.29, 1.82) is 0 Å². The summed E-state index contributed by atoms with van der Waals surface area (Å²) in [7, 11) is -3.55. The van der Waals surface area contributed by atoms with Crippen LogP contribution in [-0.4, -0.2) is 48.7 Å². The van der Waals surface area contributed by atoms with Crippen LogP contribution in [0.2, 0.25) is 0 Å². The van der Waals surface area contributed by atoms with Gasteiger partial charge in [0.2, 0.25) is 0 Å². The molecular formula is C10H16ClN3O3S. The van der Waals surface area contributed by atoms with Crippen molar-refractivity contribution in [2.45, 2.75) is 30.4 Å². The number of aromatic amines is 1. The minimum atomic E-state index is -3.55. The number of morpholine rings is 1. The van der Waals surface area contributed by atoms with Crippen molar-refractivity contribution in [2.75, 3.05) is 19.7 Å². The van der Waals surface area contributed by atoms with E-state index in [4.69, 9.17) is 16.3 Å². The number of nitrogens with one attached hydrogen (secondary N) is 1. The van der Waals surface area contributed by atoms with Gasteiger partial charge in [-0.25, -0.2) is 8.42 Å². The maximum atomic E-state index is 12.4. The van der Waals surface area contributed by atoms with E-state index in [0.29, 0.717) is 25.3 Å². The van der Waals surface area contributed by atoms with Crippen molar-refractivity contribution < 1.29 is 13.2 Å². The van der Waals surface area contributed by atoms with Crippen molar-refractivity contribution in [1.82, 2.24) is 14.5 Å². The molecule has 0 radical (unpaired) electrons. The average Bonchev–Trinajstić information content (AvgIpc) is 2.88. The zero-order valence-electron chi connectivity index (χ0n) is 10.1. The van der Waals surface area contributed by atoms with Crippen molar-refractivity contribution in [3.05, 3.63) is 11.8 Å². The van der Waals surface area contributed by atoms with E-state index in [2.05, 4.69) is 10.2 Å². The summed E-state index contributed by atoms with van der Waals surface area (Å²) in [6.45, 7) is 3.13. The second-order valence-corrected chi connectivity index (χ2v) is 6.26. The normalized spacial score (nSPS) is 22.2. The van der Waals surface area contributed by atoms with E-state index < -0.39 is 10.0 Å². The van der Waals surface area contributed by atoms with Crippen LogP contribution in [0.25, 0.3) is 0 Å². The molecule has 1 unspecified atom stereocenters. The van der Waals surface area contributed by atoms with Crippen LogP contribution in [0.15, 0.2) is 11.2 Å². The number of alkyl halides is 1. The third kappa shape index (κ3) is 2.54. The summed E-state index contributed by atoms with van der Waals surface area (Å²) < 4.78 is 31.8. The largest absolute Gasteiger partial charge is 0.375 e. The number of nitrogens with zero attached hydrogens (tertiary/aromatic N) is 2. The Labute approximate surface area is 111 Å². The highest BCUT2D eigenvalue weighted by Crippen LogP contribution is 2.21. The maximum Gasteiger partial charge on any atom is 0.260 e. The molecule has 1 aromatic rings. The van der Waals surface area contributed by atoms with Gasteiger partial charge in [-0.2, -0.15) is 9.40 Å². The van der Waals surface area contributed by atoms with Crippen LogP contribution in [0.3, 0.4) is 0 Å². The lowest BCUT2D eigenvalue weighted by molar-refractivity contribution is -0.00285. The molecule has 102 valence electrons. The number of halogens is 1. The molecule has 1 aromatic heterocycles. The maximum absolute atomic E-state index is 12.4. The van der Waals surface area contributed by atoms with E-state index >= 15 is 0 Å². The summed E-state index contributed by atoms with van der Waals surface area (Å²) in [5.41, 5.74) is 0.496. The Morgan fingerprint density at radius 3 is 3.11 bits per heavy atom. The number of rotatable bonds is 4. The number of sulfonamides is 1. The molecule has 1 fully saturated rings. The lowest BCUT2D eigenvalue weighted by atomic mass is 10.2. The van der Waals surface area contributed by atoms with Crippen LogP contribution in [-0.2, 0) is 20.6 Å². The van der Waals surface area contributed by atoms with E-state index in [9.17, 15) is 8.42 Å². The Bertz CT molecular complexity index is 502. The molecule has 0 amide bonds. The molecule has 8 heteroatoms. The lowest BCUT2D eigenvalue weighted by Gasteiger charge is -2.31. The SMILES string of the molecule is CCC1CN(S(=O)(=O)c2[nH]ncc2CCl)CCO1. The van der Waals surface area contributed by atoms with Crippen LogP contribution in [0.4, 0.5) is 0 Å². The highest BCUT2D eigenvalue weighted by atomic mass is 35.5. The monoisotopic (exact) mass is 293 g/mol. The molecule has 18 heavy (non-hydrogen) atoms. The Morgan fingerprint density at radius 2 is 2.44 bits per heavy atom. The van der Waals surface area contributed by atoms with E-state index in [1.165, 1.54) is 10.5 Å². The molecule has 0 bridgehead atoms. The third-order valence-corrected chi connectivity index (χ3v) is 5.15. The number of ether oxygens (including phenoxy) is 1. The summed E-state index contributed by atoms with van der Waals surface area (Å²) in [5.74, 6) is 0.118. The summed E-state index contributed by atoms with van der Waals surface area (Å²) >= 11 is 5.71. The molecule has 1 atom stereocenters. The summed E-state index contributed by atoms with van der Waals surface area (Å²) in [6, 6.07) is 0. The van der Waals surface area contributed by atoms with E-state index in [1.54, 1.807) is 0 Å². The zero-order valence-corrected chi connectivity index (χ0v) is 11.7. The van der Waals surface area contributed by atoms with Crippen LogP contribution < -0.4 is 0 Å². The van der Waals surface area contributed by atoms with Crippen LogP contribution in [0, 0.1) is 0 Å². The highest BCUT2D eigenvalue weighted by Gasteiger charge is 2.32. The van der Waals surface area contributed by atoms with Crippen molar-refractivity contribution in [2.24, 2.45) is 0 Å². The summed E-state index contributed by atoms with van der Waals surface area (Å²) in [4.78, 5) is 0. The molecular weight excluding hydrogens is 278 g/mol. The minimum absolute atomic E-state index is 0.0455. The van der Waals surface area contributed by atoms with Gasteiger partial charge < -0.3 is 4.74 Å². The molecule has 1 saturated heterocycles. The molecule has 1 aliphatic heterocycles. The van der Waals surface area contributed by atoms with Gasteiger partial charge >= 0.3 is 0 Å². The third-order valence-electron chi connectivity index (χ3n) is 2.98. The average molecular weight is 294 g/mol. The Morgan fingerprint density at radius 1 is 1.67 bits per heavy atom. The molecule has 1 aliphatic rings. The fourth-order valence-corrected chi connectivity index (χ4v) is 3.75. The van der Waals surface area contributed by atoms with Crippen molar-refractivity contribution >= 4 is 21.6 Å². The quantitative estimate of drug-likeness (QED) is 0.839. The van der Waals surface area contributed by atoms with E-state index in [-0.39, 0.29) is 17.0 Å². The zero-order chi connectivity index (χ0) is 13.2. The predicted octanol–water partition coefficient (Wildman–Crippen LogP) is 0.948. The molecule has 0 aliphatic carbocycles. The summed E-state index contributed by atoms with van der Waals surface area (Å²) in [6.07, 6.45) is 2.19.